The molecule has 1 unspecified atom stereocenters. The zero-order valence-corrected chi connectivity index (χ0v) is 12.2. The highest BCUT2D eigenvalue weighted by Crippen LogP contribution is 2.26. The minimum absolute atomic E-state index is 0.187. The Hall–Kier alpha value is -0.610. The van der Waals surface area contributed by atoms with Crippen molar-refractivity contribution in [3.8, 4) is 0 Å². The number of hydrogen-bond donors (Lipinski definition) is 1. The topological polar surface area (TPSA) is 47.6 Å². The molecule has 2 fully saturated rings. The van der Waals surface area contributed by atoms with Crippen LogP contribution in [0.15, 0.2) is 0 Å². The molecule has 2 saturated carbocycles. The minimum atomic E-state index is -0.685. The van der Waals surface area contributed by atoms with Gasteiger partial charge in [0.25, 0.3) is 0 Å². The maximum atomic E-state index is 12.1. The molecule has 4 heteroatoms. The first-order chi connectivity index (χ1) is 9.14. The van der Waals surface area contributed by atoms with Crippen LogP contribution in [0.25, 0.3) is 0 Å². The van der Waals surface area contributed by atoms with Crippen LogP contribution in [0.4, 0.5) is 0 Å². The van der Waals surface area contributed by atoms with Crippen molar-refractivity contribution in [3.05, 3.63) is 0 Å². The zero-order valence-electron chi connectivity index (χ0n) is 12.2. The molecule has 0 aromatic heterocycles. The maximum absolute atomic E-state index is 12.1. The lowest BCUT2D eigenvalue weighted by Crippen LogP contribution is -2.55. The second kappa shape index (κ2) is 6.71. The molecule has 2 rings (SSSR count). The molecule has 0 amide bonds. The Kier molecular flexibility index (Phi) is 5.22. The van der Waals surface area contributed by atoms with E-state index in [2.05, 4.69) is 5.32 Å². The van der Waals surface area contributed by atoms with Crippen LogP contribution < -0.4 is 5.32 Å². The Balaban J connectivity index is 1.79. The maximum Gasteiger partial charge on any atom is 0.328 e. The lowest BCUT2D eigenvalue weighted by Gasteiger charge is -2.29. The zero-order chi connectivity index (χ0) is 13.7. The molecule has 1 atom stereocenters. The number of esters is 1. The first-order valence-corrected chi connectivity index (χ1v) is 7.66. The largest absolute Gasteiger partial charge is 0.465 e. The lowest BCUT2D eigenvalue weighted by atomic mass is 10.0. The van der Waals surface area contributed by atoms with Gasteiger partial charge in [0, 0.05) is 12.6 Å². The summed E-state index contributed by atoms with van der Waals surface area (Å²) in [5.41, 5.74) is -0.685. The number of ether oxygens (including phenoxy) is 2. The first kappa shape index (κ1) is 14.8. The standard InChI is InChI=1S/C15H27NO3/c1-3-19-14(17)15(2,16-13-8-9-13)11-18-10-12-6-4-5-7-12/h12-13,16H,3-11H2,1-2H3. The summed E-state index contributed by atoms with van der Waals surface area (Å²) < 4.78 is 11.0. The number of nitrogens with one attached hydrogen (secondary N) is 1. The fourth-order valence-corrected chi connectivity index (χ4v) is 2.73. The third-order valence-electron chi connectivity index (χ3n) is 4.05. The highest BCUT2D eigenvalue weighted by atomic mass is 16.5. The molecule has 110 valence electrons. The second-order valence-electron chi connectivity index (χ2n) is 6.14. The van der Waals surface area contributed by atoms with Crippen LogP contribution in [0.3, 0.4) is 0 Å². The summed E-state index contributed by atoms with van der Waals surface area (Å²) in [6, 6.07) is 0.462. The van der Waals surface area contributed by atoms with E-state index in [9.17, 15) is 4.79 Å². The van der Waals surface area contributed by atoms with E-state index < -0.39 is 5.54 Å². The van der Waals surface area contributed by atoms with E-state index in [4.69, 9.17) is 9.47 Å². The highest BCUT2D eigenvalue weighted by molar-refractivity contribution is 5.80. The third-order valence-corrected chi connectivity index (χ3v) is 4.05. The van der Waals surface area contributed by atoms with Gasteiger partial charge >= 0.3 is 5.97 Å². The second-order valence-corrected chi connectivity index (χ2v) is 6.14. The van der Waals surface area contributed by atoms with Gasteiger partial charge in [-0.15, -0.1) is 0 Å². The predicted octanol–water partition coefficient (Wildman–Crippen LogP) is 2.27. The van der Waals surface area contributed by atoms with Crippen molar-refractivity contribution in [1.82, 2.24) is 5.32 Å². The molecule has 0 aromatic carbocycles. The normalized spacial score (nSPS) is 23.3. The van der Waals surface area contributed by atoms with Crippen molar-refractivity contribution < 1.29 is 14.3 Å². The Morgan fingerprint density at radius 1 is 1.26 bits per heavy atom. The van der Waals surface area contributed by atoms with Crippen molar-refractivity contribution >= 4 is 5.97 Å². The van der Waals surface area contributed by atoms with Gasteiger partial charge in [0.2, 0.25) is 0 Å². The number of carbonyl (C=O) groups is 1. The van der Waals surface area contributed by atoms with Gasteiger partial charge in [0.15, 0.2) is 0 Å². The van der Waals surface area contributed by atoms with E-state index in [1.807, 2.05) is 13.8 Å². The van der Waals surface area contributed by atoms with Gasteiger partial charge in [-0.05, 0) is 45.4 Å². The molecule has 0 spiro atoms. The molecule has 19 heavy (non-hydrogen) atoms. The van der Waals surface area contributed by atoms with Gasteiger partial charge in [-0.2, -0.15) is 0 Å². The van der Waals surface area contributed by atoms with Crippen LogP contribution in [0, 0.1) is 5.92 Å². The summed E-state index contributed by atoms with van der Waals surface area (Å²) in [7, 11) is 0. The average Bonchev–Trinajstić information content (AvgIpc) is 3.03. The number of hydrogen-bond acceptors (Lipinski definition) is 4. The molecule has 0 heterocycles. The van der Waals surface area contributed by atoms with E-state index >= 15 is 0 Å². The minimum Gasteiger partial charge on any atom is -0.465 e. The van der Waals surface area contributed by atoms with Crippen molar-refractivity contribution in [1.29, 1.82) is 0 Å². The van der Waals surface area contributed by atoms with Crippen LogP contribution in [0.5, 0.6) is 0 Å². The Labute approximate surface area is 116 Å². The van der Waals surface area contributed by atoms with E-state index in [1.165, 1.54) is 25.7 Å². The van der Waals surface area contributed by atoms with Crippen molar-refractivity contribution in [2.24, 2.45) is 5.92 Å². The van der Waals surface area contributed by atoms with Gasteiger partial charge in [-0.1, -0.05) is 12.8 Å². The van der Waals surface area contributed by atoms with E-state index in [0.29, 0.717) is 25.2 Å². The van der Waals surface area contributed by atoms with E-state index in [0.717, 1.165) is 19.4 Å². The van der Waals surface area contributed by atoms with Crippen molar-refractivity contribution in [3.63, 3.8) is 0 Å². The SMILES string of the molecule is CCOC(=O)C(C)(COCC1CCCC1)NC1CC1. The number of carbonyl (C=O) groups excluding carboxylic acids is 1. The summed E-state index contributed by atoms with van der Waals surface area (Å²) in [6.45, 7) is 5.36. The van der Waals surface area contributed by atoms with Crippen molar-refractivity contribution in [2.45, 2.75) is 64.0 Å². The molecule has 1 N–H and O–H groups in total. The lowest BCUT2D eigenvalue weighted by molar-refractivity contribution is -0.153. The van der Waals surface area contributed by atoms with E-state index in [-0.39, 0.29) is 5.97 Å². The Morgan fingerprint density at radius 2 is 1.95 bits per heavy atom. The first-order valence-electron chi connectivity index (χ1n) is 7.66. The molecule has 0 saturated heterocycles. The Bertz CT molecular complexity index is 298. The fourth-order valence-electron chi connectivity index (χ4n) is 2.73. The molecular formula is C15H27NO3. The molecule has 2 aliphatic carbocycles. The fraction of sp³-hybridized carbons (Fsp3) is 0.933. The summed E-state index contributed by atoms with van der Waals surface area (Å²) in [6.07, 6.45) is 7.49. The molecule has 0 bridgehead atoms. The smallest absolute Gasteiger partial charge is 0.328 e. The van der Waals surface area contributed by atoms with Crippen molar-refractivity contribution in [2.75, 3.05) is 19.8 Å². The highest BCUT2D eigenvalue weighted by Gasteiger charge is 2.40. The molecule has 0 radical (unpaired) electrons. The molecular weight excluding hydrogens is 242 g/mol. The predicted molar refractivity (Wildman–Crippen MR) is 74.0 cm³/mol. The monoisotopic (exact) mass is 269 g/mol. The average molecular weight is 269 g/mol. The van der Waals surface area contributed by atoms with Gasteiger partial charge < -0.3 is 9.47 Å². The van der Waals surface area contributed by atoms with Gasteiger partial charge in [0.1, 0.15) is 5.54 Å². The van der Waals surface area contributed by atoms with Gasteiger partial charge in [-0.25, -0.2) is 4.79 Å². The molecule has 0 aromatic rings. The van der Waals surface area contributed by atoms with E-state index in [1.54, 1.807) is 0 Å². The Morgan fingerprint density at radius 3 is 2.53 bits per heavy atom. The summed E-state index contributed by atoms with van der Waals surface area (Å²) in [5, 5.41) is 3.38. The van der Waals surface area contributed by atoms with Crippen LogP contribution in [0.1, 0.15) is 52.4 Å². The molecule has 0 aliphatic heterocycles. The molecule has 4 nitrogen and oxygen atoms in total. The van der Waals surface area contributed by atoms with Gasteiger partial charge in [-0.3, -0.25) is 5.32 Å². The quantitative estimate of drug-likeness (QED) is 0.687. The van der Waals surface area contributed by atoms with Crippen LogP contribution >= 0.6 is 0 Å². The van der Waals surface area contributed by atoms with Crippen LogP contribution in [0.2, 0.25) is 0 Å². The third kappa shape index (κ3) is 4.46. The summed E-state index contributed by atoms with van der Waals surface area (Å²) in [5.74, 6) is 0.501. The number of rotatable bonds is 8. The molecule has 2 aliphatic rings. The summed E-state index contributed by atoms with van der Waals surface area (Å²) >= 11 is 0. The van der Waals surface area contributed by atoms with Crippen LogP contribution in [-0.2, 0) is 14.3 Å². The summed E-state index contributed by atoms with van der Waals surface area (Å²) in [4.78, 5) is 12.1. The van der Waals surface area contributed by atoms with Crippen LogP contribution in [-0.4, -0.2) is 37.4 Å². The van der Waals surface area contributed by atoms with Gasteiger partial charge in [0.05, 0.1) is 13.2 Å².